The summed E-state index contributed by atoms with van der Waals surface area (Å²) in [6.45, 7) is 50.7. The molecule has 0 bridgehead atoms. The van der Waals surface area contributed by atoms with E-state index in [1.165, 1.54) is 161 Å². The quantitative estimate of drug-likeness (QED) is 0.142. The Bertz CT molecular complexity index is 4590. The molecule has 15 rings (SSSR count). The van der Waals surface area contributed by atoms with Gasteiger partial charge in [0.05, 0.1) is 0 Å². The van der Waals surface area contributed by atoms with E-state index in [-0.39, 0.29) is 27.7 Å². The summed E-state index contributed by atoms with van der Waals surface area (Å²) in [5, 5.41) is 2.67. The van der Waals surface area contributed by atoms with Gasteiger partial charge in [-0.2, -0.15) is 0 Å². The molecule has 0 aliphatic heterocycles. The molecule has 0 aromatic heterocycles. The van der Waals surface area contributed by atoms with Crippen molar-refractivity contribution in [3.8, 4) is 22.6 Å². The van der Waals surface area contributed by atoms with Crippen LogP contribution in [0.1, 0.15) is 193 Å². The molecule has 0 N–H and O–H groups in total. The molecule has 0 spiro atoms. The first-order chi connectivity index (χ1) is 56.0. The number of benzene rings is 15. The van der Waals surface area contributed by atoms with Gasteiger partial charge in [-0.3, -0.25) is 0 Å². The summed E-state index contributed by atoms with van der Waals surface area (Å²) in [5.41, 5.74) is 31.8. The summed E-state index contributed by atoms with van der Waals surface area (Å²) in [6, 6.07) is 124. The molecule has 0 atom stereocenters. The fourth-order valence-electron chi connectivity index (χ4n) is 11.5. The Morgan fingerprint density at radius 2 is 0.417 bits per heavy atom. The highest BCUT2D eigenvalue weighted by Gasteiger charge is 2.22. The summed E-state index contributed by atoms with van der Waals surface area (Å²) >= 11 is 1.80. The molecule has 2 heteroatoms. The molecule has 0 aliphatic carbocycles. The lowest BCUT2D eigenvalue weighted by Crippen LogP contribution is -2.18. The zero-order valence-electron chi connectivity index (χ0n) is 75.2. The maximum absolute atomic E-state index is 5.69. The lowest BCUT2D eigenvalue weighted by atomic mass is 9.78. The first-order valence-electron chi connectivity index (χ1n) is 41.6. The molecular formula is C118H146OS. The van der Waals surface area contributed by atoms with Crippen molar-refractivity contribution in [1.82, 2.24) is 0 Å². The molecule has 15 aromatic carbocycles. The molecule has 630 valence electrons. The minimum absolute atomic E-state index is 0. The van der Waals surface area contributed by atoms with Crippen LogP contribution in [-0.2, 0) is 11.8 Å². The molecular weight excluding hydrogens is 1470 g/mol. The molecule has 0 fully saturated rings. The van der Waals surface area contributed by atoms with Crippen LogP contribution in [0.15, 0.2) is 362 Å². The van der Waals surface area contributed by atoms with Gasteiger partial charge in [-0.15, -0.1) is 0 Å². The second-order valence-electron chi connectivity index (χ2n) is 31.2. The Hall–Kier alpha value is -11.3. The third kappa shape index (κ3) is 41.9. The first-order valence-corrected chi connectivity index (χ1v) is 42.4. The number of fused-ring (bicyclic) bond motifs is 1. The Morgan fingerprint density at radius 1 is 0.225 bits per heavy atom. The third-order valence-electron chi connectivity index (χ3n) is 18.9. The number of aryl methyl sites for hydroxylation is 18. The minimum Gasteiger partial charge on any atom is -0.457 e. The Balaban J connectivity index is 0.000000457. The Labute approximate surface area is 735 Å². The van der Waals surface area contributed by atoms with Crippen LogP contribution in [0.5, 0.6) is 11.5 Å². The average molecular weight is 1610 g/mol. The summed E-state index contributed by atoms with van der Waals surface area (Å²) in [7, 11) is 0. The van der Waals surface area contributed by atoms with E-state index >= 15 is 0 Å². The van der Waals surface area contributed by atoms with Gasteiger partial charge in [0.1, 0.15) is 11.5 Å². The van der Waals surface area contributed by atoms with Crippen LogP contribution in [0.25, 0.3) is 21.9 Å². The molecule has 15 aromatic rings. The normalized spacial score (nSPS) is 9.73. The zero-order chi connectivity index (χ0) is 85.7. The predicted molar refractivity (Wildman–Crippen MR) is 539 cm³/mol. The van der Waals surface area contributed by atoms with Crippen LogP contribution in [0.3, 0.4) is 0 Å². The van der Waals surface area contributed by atoms with Gasteiger partial charge in [-0.05, 0) is 224 Å². The number of hydrogen-bond acceptors (Lipinski definition) is 2. The monoisotopic (exact) mass is 1610 g/mol. The Kier molecular flexibility index (Phi) is 49.8. The van der Waals surface area contributed by atoms with Gasteiger partial charge in [0.15, 0.2) is 0 Å². The maximum Gasteiger partial charge on any atom is 0.127 e. The van der Waals surface area contributed by atoms with Crippen molar-refractivity contribution >= 4 is 22.5 Å². The van der Waals surface area contributed by atoms with E-state index in [0.29, 0.717) is 0 Å². The Morgan fingerprint density at radius 3 is 0.650 bits per heavy atom. The summed E-state index contributed by atoms with van der Waals surface area (Å²) in [4.78, 5) is 2.59. The molecule has 0 saturated heterocycles. The topological polar surface area (TPSA) is 9.23 Å². The van der Waals surface area contributed by atoms with Crippen molar-refractivity contribution in [1.29, 1.82) is 0 Å². The fourth-order valence-corrected chi connectivity index (χ4v) is 12.3. The van der Waals surface area contributed by atoms with Crippen molar-refractivity contribution in [3.63, 3.8) is 0 Å². The molecule has 0 amide bonds. The van der Waals surface area contributed by atoms with Crippen LogP contribution >= 0.6 is 11.8 Å². The van der Waals surface area contributed by atoms with Crippen LogP contribution in [0, 0.1) is 125 Å². The van der Waals surface area contributed by atoms with Crippen LogP contribution in [0.2, 0.25) is 0 Å². The third-order valence-corrected chi connectivity index (χ3v) is 20.0. The van der Waals surface area contributed by atoms with Gasteiger partial charge < -0.3 is 4.74 Å². The van der Waals surface area contributed by atoms with E-state index in [1.807, 2.05) is 62.4 Å². The molecule has 120 heavy (non-hydrogen) atoms. The summed E-state index contributed by atoms with van der Waals surface area (Å²) in [6.07, 6.45) is 2.28. The summed E-state index contributed by atoms with van der Waals surface area (Å²) < 4.78 is 5.69. The van der Waals surface area contributed by atoms with Crippen LogP contribution in [-0.4, -0.2) is 0 Å². The standard InChI is InChI=1S/C17H20.C15H16.C14H14O.C14H14S.C14H14.C12H12.3C8H10.C3H8.C2H6.3CH4/c1-13-5-9-15(10-6-13)17(3,4)16-11-7-14(2)8-12-16;1-12-3-7-14(8-4-12)11-15-9-5-13(2)6-10-15;2*1-11-3-7-13(8-4-11)15-14-9-5-12(2)6-10-14;1-11-3-7-13(8-4-11)14-9-5-12(2)6-10-14;1-9-3-5-12-8-10(2)4-6-11(12)7-9;2*1-7-3-5-8(2)6-4-7;1-7-4-3-5-8(2)6-7;1-3-2;1-2;;;/h5-12H,1-4H3;3-10H,11H2,1-2H3;2*3-10H,1-2H3;3-10H,1-2H3;3-8H,1-2H3;3*3-6H,1-2H3;3H2,1-2H3;1-2H3;3*1H4. The highest BCUT2D eigenvalue weighted by molar-refractivity contribution is 7.99. The van der Waals surface area contributed by atoms with E-state index in [9.17, 15) is 0 Å². The van der Waals surface area contributed by atoms with E-state index < -0.39 is 0 Å². The number of rotatable bonds is 9. The SMILES string of the molecule is C.C.C.CC.CCC.Cc1ccc(-c2ccc(C)cc2)cc1.Cc1ccc(C(C)(C)c2ccc(C)cc2)cc1.Cc1ccc(C)cc1.Cc1ccc(C)cc1.Cc1ccc(Cc2ccc(C)cc2)cc1.Cc1ccc(Oc2ccc(C)cc2)cc1.Cc1ccc(Sc2ccc(C)cc2)cc1.Cc1ccc2cc(C)ccc2c1.Cc1cccc(C)c1. The van der Waals surface area contributed by atoms with Gasteiger partial charge in [-0.1, -0.05) is 485 Å². The van der Waals surface area contributed by atoms with Crippen molar-refractivity contribution in [3.05, 3.63) is 474 Å². The van der Waals surface area contributed by atoms with E-state index in [0.717, 1.165) is 17.9 Å². The molecule has 0 aliphatic rings. The zero-order valence-corrected chi connectivity index (χ0v) is 76.0. The maximum atomic E-state index is 5.69. The predicted octanol–water partition coefficient (Wildman–Crippen LogP) is 35.8. The van der Waals surface area contributed by atoms with E-state index in [2.05, 4.69) is 456 Å². The van der Waals surface area contributed by atoms with Crippen molar-refractivity contribution in [2.75, 3.05) is 0 Å². The van der Waals surface area contributed by atoms with Gasteiger partial charge >= 0.3 is 0 Å². The second kappa shape index (κ2) is 57.0. The van der Waals surface area contributed by atoms with Crippen LogP contribution in [0.4, 0.5) is 0 Å². The molecule has 0 heterocycles. The highest BCUT2D eigenvalue weighted by atomic mass is 32.2. The number of ether oxygens (including phenoxy) is 1. The first kappa shape index (κ1) is 105. The van der Waals surface area contributed by atoms with Crippen molar-refractivity contribution in [2.24, 2.45) is 0 Å². The lowest BCUT2D eigenvalue weighted by Gasteiger charge is -2.26. The average Bonchev–Trinajstić information content (AvgIpc) is 0.800. The van der Waals surface area contributed by atoms with Gasteiger partial charge in [0.25, 0.3) is 0 Å². The summed E-state index contributed by atoms with van der Waals surface area (Å²) in [5.74, 6) is 1.76. The molecule has 1 nitrogen and oxygen atoms in total. The lowest BCUT2D eigenvalue weighted by molar-refractivity contribution is 0.482. The van der Waals surface area contributed by atoms with E-state index in [1.54, 1.807) is 11.8 Å². The van der Waals surface area contributed by atoms with Gasteiger partial charge in [0.2, 0.25) is 0 Å². The van der Waals surface area contributed by atoms with Gasteiger partial charge in [-0.25, -0.2) is 0 Å². The largest absolute Gasteiger partial charge is 0.457 e. The van der Waals surface area contributed by atoms with Crippen molar-refractivity contribution < 1.29 is 4.74 Å². The number of hydrogen-bond donors (Lipinski definition) is 0. The smallest absolute Gasteiger partial charge is 0.127 e. The molecule has 0 radical (unpaired) electrons. The molecule has 0 unspecified atom stereocenters. The van der Waals surface area contributed by atoms with E-state index in [4.69, 9.17) is 4.74 Å². The van der Waals surface area contributed by atoms with Crippen LogP contribution < -0.4 is 4.74 Å². The second-order valence-corrected chi connectivity index (χ2v) is 32.4. The van der Waals surface area contributed by atoms with Crippen molar-refractivity contribution in [2.45, 2.75) is 216 Å². The fraction of sp³-hybridized carbons (Fsp3) is 0.254. The minimum atomic E-state index is 0. The van der Waals surface area contributed by atoms with Gasteiger partial charge in [0, 0.05) is 15.2 Å². The molecule has 0 saturated carbocycles. The highest BCUT2D eigenvalue weighted by Crippen LogP contribution is 2.33.